The minimum atomic E-state index is -2.05. The van der Waals surface area contributed by atoms with E-state index in [1.54, 1.807) is 0 Å². The molecule has 0 amide bonds. The number of allylic oxidation sites excluding steroid dienone is 2. The zero-order chi connectivity index (χ0) is 67.7. The van der Waals surface area contributed by atoms with Crippen LogP contribution in [0.5, 0.6) is 0 Å². The Morgan fingerprint density at radius 2 is 1.10 bits per heavy atom. The van der Waals surface area contributed by atoms with Gasteiger partial charge in [-0.05, 0) is 123 Å². The third kappa shape index (κ3) is 12.6. The summed E-state index contributed by atoms with van der Waals surface area (Å²) in [6.07, 6.45) is -36.8. The molecule has 29 nitrogen and oxygen atoms in total. The van der Waals surface area contributed by atoms with Gasteiger partial charge in [0.15, 0.2) is 37.7 Å². The second-order valence-corrected chi connectivity index (χ2v) is 31.0. The maximum Gasteiger partial charge on any atom is 0.310 e. The van der Waals surface area contributed by atoms with E-state index in [1.165, 1.54) is 19.4 Å². The third-order valence-electron chi connectivity index (χ3n) is 24.9. The summed E-state index contributed by atoms with van der Waals surface area (Å²) in [5, 5.41) is 176. The number of carboxylic acids is 1. The molecular weight excluding hydrogens is 1230 g/mol. The van der Waals surface area contributed by atoms with Gasteiger partial charge in [0.1, 0.15) is 122 Å². The Hall–Kier alpha value is -1.87. The van der Waals surface area contributed by atoms with E-state index in [9.17, 15) is 86.5 Å². The molecular formula is C64H104O29. The maximum atomic E-state index is 13.2. The molecule has 11 rings (SSSR count). The van der Waals surface area contributed by atoms with Gasteiger partial charge in [-0.1, -0.05) is 60.1 Å². The molecule has 4 saturated carbocycles. The highest BCUT2D eigenvalue weighted by Gasteiger charge is 2.70. The predicted molar refractivity (Wildman–Crippen MR) is 314 cm³/mol. The van der Waals surface area contributed by atoms with E-state index in [0.717, 1.165) is 44.9 Å². The Kier molecular flexibility index (Phi) is 20.9. The van der Waals surface area contributed by atoms with Crippen molar-refractivity contribution in [2.75, 3.05) is 26.4 Å². The van der Waals surface area contributed by atoms with E-state index in [2.05, 4.69) is 54.5 Å². The summed E-state index contributed by atoms with van der Waals surface area (Å²) in [5.74, 6) is -0.183. The summed E-state index contributed by atoms with van der Waals surface area (Å²) < 4.78 is 71.0. The lowest BCUT2D eigenvalue weighted by Gasteiger charge is -2.71. The minimum absolute atomic E-state index is 0.00846. The predicted octanol–water partition coefficient (Wildman–Crippen LogP) is -2.49. The molecule has 5 aliphatic carbocycles. The minimum Gasteiger partial charge on any atom is -0.481 e. The molecule has 16 N–H and O–H groups in total. The molecule has 29 heteroatoms. The molecule has 0 spiro atoms. The highest BCUT2D eigenvalue weighted by molar-refractivity contribution is 5.76. The van der Waals surface area contributed by atoms with Crippen molar-refractivity contribution < 1.29 is 143 Å². The normalized spacial score (nSPS) is 54.7. The number of carbonyl (C=O) groups is 1. The van der Waals surface area contributed by atoms with Crippen molar-refractivity contribution in [3.63, 3.8) is 0 Å². The van der Waals surface area contributed by atoms with Crippen LogP contribution >= 0.6 is 0 Å². The van der Waals surface area contributed by atoms with E-state index in [4.69, 9.17) is 56.8 Å². The molecule has 534 valence electrons. The van der Waals surface area contributed by atoms with Crippen LogP contribution in [0.3, 0.4) is 0 Å². The van der Waals surface area contributed by atoms with Gasteiger partial charge in [-0.15, -0.1) is 0 Å². The molecule has 93 heavy (non-hydrogen) atoms. The first-order valence-electron chi connectivity index (χ1n) is 33.4. The number of hydrogen-bond acceptors (Lipinski definition) is 28. The quantitative estimate of drug-likeness (QED) is 0.0596. The maximum absolute atomic E-state index is 13.2. The largest absolute Gasteiger partial charge is 0.481 e. The summed E-state index contributed by atoms with van der Waals surface area (Å²) >= 11 is 0. The van der Waals surface area contributed by atoms with Crippen LogP contribution < -0.4 is 0 Å². The number of aliphatic carboxylic acids is 1. The fraction of sp³-hybridized carbons (Fsp3) is 0.953. The summed E-state index contributed by atoms with van der Waals surface area (Å²) in [4.78, 5) is 13.2. The van der Waals surface area contributed by atoms with Crippen LogP contribution in [-0.4, -0.2) is 292 Å². The van der Waals surface area contributed by atoms with Gasteiger partial charge in [-0.3, -0.25) is 4.79 Å². The highest BCUT2D eigenvalue weighted by atomic mass is 16.8. The van der Waals surface area contributed by atoms with Gasteiger partial charge >= 0.3 is 5.97 Å². The lowest BCUT2D eigenvalue weighted by Crippen LogP contribution is -2.66. The smallest absolute Gasteiger partial charge is 0.310 e. The van der Waals surface area contributed by atoms with E-state index >= 15 is 0 Å². The van der Waals surface area contributed by atoms with E-state index in [1.807, 2.05) is 0 Å². The molecule has 11 aliphatic rings. The molecule has 0 unspecified atom stereocenters. The number of hydrogen-bond donors (Lipinski definition) is 16. The van der Waals surface area contributed by atoms with Crippen LogP contribution in [0.2, 0.25) is 0 Å². The number of fused-ring (bicyclic) bond motifs is 7. The van der Waals surface area contributed by atoms with Crippen molar-refractivity contribution in [2.45, 2.75) is 305 Å². The lowest BCUT2D eigenvalue weighted by atomic mass is 9.33. The second kappa shape index (κ2) is 26.9. The number of ether oxygens (including phenoxy) is 12. The summed E-state index contributed by atoms with van der Waals surface area (Å²) in [5.41, 5.74) is -0.177. The highest BCUT2D eigenvalue weighted by Crippen LogP contribution is 2.76. The van der Waals surface area contributed by atoms with Gasteiger partial charge < -0.3 is 139 Å². The second-order valence-electron chi connectivity index (χ2n) is 31.0. The molecule has 0 radical (unpaired) electrons. The van der Waals surface area contributed by atoms with Crippen LogP contribution in [0.4, 0.5) is 0 Å². The van der Waals surface area contributed by atoms with Crippen LogP contribution in [0, 0.1) is 50.2 Å². The van der Waals surface area contributed by atoms with Crippen molar-refractivity contribution >= 4 is 5.97 Å². The Labute approximate surface area is 540 Å². The molecule has 36 atom stereocenters. The Bertz CT molecular complexity index is 2620. The first-order valence-corrected chi connectivity index (χ1v) is 33.4. The number of aliphatic hydroxyl groups excluding tert-OH is 15. The van der Waals surface area contributed by atoms with Gasteiger partial charge in [-0.25, -0.2) is 0 Å². The molecule has 6 heterocycles. The SMILES string of the molecule is C[C@@H]1O[C@@H](OC[C@H]2O[C@@H](O[C@H]3[C@H](O)[C@@H](O)[C@H](O[C@@H]4CO[C@@H](O[C@@H]5[C@@H](O)[C@H](C)O[C@@H](O[C@H]6[C@H](O[C@H]7CC[C@]8(C)[C@H]9CC=C%10[C@@H]%11CC(C)(C)CC[C@]%11(C(=O)O)CC[C@@]%10(C)[C@]9(C)CC[C@H]8C7(C)C)OC[C@H](O)[C@@H]6O)[C@@H]5O)[C@H](O)[C@@H]4O)O[C@@H]3CO)[C@H](O)[C@@H](O)[C@@H]2O)[C@H](O)[C@H](O)[C@H]1O. The molecule has 0 aromatic rings. The zero-order valence-corrected chi connectivity index (χ0v) is 54.4. The van der Waals surface area contributed by atoms with Crippen molar-refractivity contribution in [1.29, 1.82) is 0 Å². The number of rotatable bonds is 15. The van der Waals surface area contributed by atoms with Crippen molar-refractivity contribution in [2.24, 2.45) is 50.2 Å². The molecule has 0 bridgehead atoms. The third-order valence-corrected chi connectivity index (χ3v) is 24.9. The van der Waals surface area contributed by atoms with Crippen molar-refractivity contribution in [3.05, 3.63) is 11.6 Å². The monoisotopic (exact) mass is 1340 g/mol. The van der Waals surface area contributed by atoms with Gasteiger partial charge in [0.05, 0.1) is 50.2 Å². The summed E-state index contributed by atoms with van der Waals surface area (Å²) in [6.45, 7) is 16.6. The molecule has 10 fully saturated rings. The average molecular weight is 1340 g/mol. The summed E-state index contributed by atoms with van der Waals surface area (Å²) in [6, 6.07) is 0. The first kappa shape index (κ1) is 72.4. The van der Waals surface area contributed by atoms with E-state index in [-0.39, 0.29) is 40.1 Å². The van der Waals surface area contributed by atoms with Crippen LogP contribution in [0.25, 0.3) is 0 Å². The Morgan fingerprint density at radius 1 is 0.516 bits per heavy atom. The average Bonchev–Trinajstić information content (AvgIpc) is 0.677. The van der Waals surface area contributed by atoms with Crippen molar-refractivity contribution in [3.8, 4) is 0 Å². The van der Waals surface area contributed by atoms with Crippen LogP contribution in [-0.2, 0) is 61.6 Å². The topological polar surface area (TPSA) is 452 Å². The van der Waals surface area contributed by atoms with Gasteiger partial charge in [0.25, 0.3) is 0 Å². The van der Waals surface area contributed by atoms with E-state index in [0.29, 0.717) is 25.2 Å². The summed E-state index contributed by atoms with van der Waals surface area (Å²) in [7, 11) is 0. The van der Waals surface area contributed by atoms with Crippen molar-refractivity contribution in [1.82, 2.24) is 0 Å². The molecule has 0 aromatic heterocycles. The fourth-order valence-corrected chi connectivity index (χ4v) is 18.8. The van der Waals surface area contributed by atoms with Crippen LogP contribution in [0.15, 0.2) is 11.6 Å². The van der Waals surface area contributed by atoms with E-state index < -0.39 is 215 Å². The fourth-order valence-electron chi connectivity index (χ4n) is 18.8. The first-order chi connectivity index (χ1) is 43.5. The molecule has 6 aliphatic heterocycles. The van der Waals surface area contributed by atoms with Gasteiger partial charge in [-0.2, -0.15) is 0 Å². The lowest BCUT2D eigenvalue weighted by molar-refractivity contribution is -0.387. The number of aliphatic hydroxyl groups is 15. The zero-order valence-electron chi connectivity index (χ0n) is 54.4. The van der Waals surface area contributed by atoms with Gasteiger partial charge in [0, 0.05) is 0 Å². The number of carboxylic acid groups (broad SMARTS) is 1. The van der Waals surface area contributed by atoms with Gasteiger partial charge in [0.2, 0.25) is 0 Å². The van der Waals surface area contributed by atoms with Crippen LogP contribution in [0.1, 0.15) is 127 Å². The molecule has 0 aromatic carbocycles. The standard InChI is InChI=1S/C64H104O29/c1-25-36(67)41(72)45(76)52(85-25)83-23-31-39(70)42(73)46(77)55(89-31)91-49-30(21-65)87-54(47(78)43(49)74)88-32-24-84-53(44(75)40(32)71)92-50-37(68)26(2)86-56(48(50)79)93-51-38(69)29(66)22-82-57(51)90-35-13-14-61(7)33(60(35,5)6)12-15-63(9)34(61)11-10-27-28-20-59(3,4)16-18-64(28,58(80)81)19-17-62(27,63)8/h10,25-26,28-57,65-79H,11-24H2,1-9H3,(H,80,81)/t25-,26-,28-,29-,30+,31+,32+,33-,34+,35-,36-,37-,38-,39+,40+,41+,42-,43+,44+,45+,46+,47+,48+,49+,50+,51+,52+,53-,54-,55-,56-,57-,61-,62+,63+,64-/m0/s1. The Morgan fingerprint density at radius 3 is 1.80 bits per heavy atom. The molecule has 6 saturated heterocycles. The Balaban J connectivity index is 0.705.